The number of hydrogen-bond acceptors (Lipinski definition) is 4. The molecule has 0 unspecified atom stereocenters. The second-order valence-electron chi connectivity index (χ2n) is 4.25. The Balaban J connectivity index is 2.82. The molecule has 1 aromatic rings. The largest absolute Gasteiger partial charge is 0.495 e. The molecule has 4 nitrogen and oxygen atoms in total. The minimum absolute atomic E-state index is 0.462. The molecule has 1 aromatic carbocycles. The van der Waals surface area contributed by atoms with E-state index >= 15 is 0 Å². The average molecular weight is 265 g/mol. The van der Waals surface area contributed by atoms with E-state index in [9.17, 15) is 4.79 Å². The summed E-state index contributed by atoms with van der Waals surface area (Å²) in [6.45, 7) is 3.32. The van der Waals surface area contributed by atoms with Gasteiger partial charge in [0.2, 0.25) is 0 Å². The Morgan fingerprint density at radius 3 is 2.72 bits per heavy atom. The fourth-order valence-corrected chi connectivity index (χ4v) is 2.09. The van der Waals surface area contributed by atoms with Crippen molar-refractivity contribution in [2.24, 2.45) is 0 Å². The van der Waals surface area contributed by atoms with Crippen LogP contribution >= 0.6 is 11.8 Å². The number of rotatable bonds is 5. The van der Waals surface area contributed by atoms with Gasteiger partial charge in [-0.1, -0.05) is 6.07 Å². The fraction of sp³-hybridized carbons (Fsp3) is 0.385. The van der Waals surface area contributed by atoms with Crippen LogP contribution in [0.25, 0.3) is 0 Å². The molecule has 0 aliphatic carbocycles. The van der Waals surface area contributed by atoms with E-state index in [-0.39, 0.29) is 0 Å². The summed E-state index contributed by atoms with van der Waals surface area (Å²) in [5.41, 5.74) is 1.37. The molecular weight excluding hydrogens is 250 g/mol. The fourth-order valence-electron chi connectivity index (χ4n) is 1.26. The molecule has 18 heavy (non-hydrogen) atoms. The van der Waals surface area contributed by atoms with Gasteiger partial charge in [0.1, 0.15) is 16.6 Å². The molecule has 0 atom stereocenters. The Bertz CT molecular complexity index is 491. The number of thioether (sulfide) groups is 1. The monoisotopic (exact) mass is 265 g/mol. The zero-order chi connectivity index (χ0) is 13.8. The van der Waals surface area contributed by atoms with Gasteiger partial charge in [-0.2, -0.15) is 5.26 Å². The quantitative estimate of drug-likeness (QED) is 0.886. The van der Waals surface area contributed by atoms with Crippen molar-refractivity contribution in [3.05, 3.63) is 29.3 Å². The van der Waals surface area contributed by atoms with Crippen LogP contribution in [-0.4, -0.2) is 22.9 Å². The van der Waals surface area contributed by atoms with Gasteiger partial charge in [-0.05, 0) is 31.5 Å². The van der Waals surface area contributed by atoms with Gasteiger partial charge in [-0.25, -0.2) is 0 Å². The Morgan fingerprint density at radius 2 is 2.22 bits per heavy atom. The van der Waals surface area contributed by atoms with Gasteiger partial charge in [0, 0.05) is 5.75 Å². The third kappa shape index (κ3) is 3.41. The summed E-state index contributed by atoms with van der Waals surface area (Å²) in [5.74, 6) is 0.225. The van der Waals surface area contributed by atoms with Crippen LogP contribution in [0.3, 0.4) is 0 Å². The van der Waals surface area contributed by atoms with Gasteiger partial charge in [-0.15, -0.1) is 11.8 Å². The third-order valence-corrected chi connectivity index (χ3v) is 3.87. The van der Waals surface area contributed by atoms with Crippen LogP contribution in [0.4, 0.5) is 0 Å². The first-order valence-electron chi connectivity index (χ1n) is 5.35. The Morgan fingerprint density at radius 1 is 1.56 bits per heavy atom. The van der Waals surface area contributed by atoms with E-state index in [0.717, 1.165) is 5.56 Å². The van der Waals surface area contributed by atoms with Crippen LogP contribution in [0.1, 0.15) is 25.0 Å². The van der Waals surface area contributed by atoms with Crippen LogP contribution in [0.15, 0.2) is 18.2 Å². The van der Waals surface area contributed by atoms with Crippen molar-refractivity contribution in [3.8, 4) is 11.8 Å². The highest BCUT2D eigenvalue weighted by Gasteiger charge is 2.27. The van der Waals surface area contributed by atoms with Crippen molar-refractivity contribution in [2.75, 3.05) is 7.11 Å². The smallest absolute Gasteiger partial charge is 0.319 e. The molecule has 0 aliphatic heterocycles. The van der Waals surface area contributed by atoms with Crippen molar-refractivity contribution in [1.82, 2.24) is 0 Å². The zero-order valence-electron chi connectivity index (χ0n) is 10.6. The molecule has 1 N–H and O–H groups in total. The number of aliphatic carboxylic acids is 1. The lowest BCUT2D eigenvalue weighted by Gasteiger charge is -2.18. The second-order valence-corrected chi connectivity index (χ2v) is 5.85. The molecule has 0 aromatic heterocycles. The van der Waals surface area contributed by atoms with Gasteiger partial charge in [-0.3, -0.25) is 4.79 Å². The van der Waals surface area contributed by atoms with Crippen molar-refractivity contribution in [2.45, 2.75) is 24.3 Å². The number of nitriles is 1. The summed E-state index contributed by atoms with van der Waals surface area (Å²) in [7, 11) is 1.51. The van der Waals surface area contributed by atoms with Gasteiger partial charge < -0.3 is 9.84 Å². The topological polar surface area (TPSA) is 70.3 Å². The molecular formula is C13H15NO3S. The van der Waals surface area contributed by atoms with Crippen LogP contribution in [0, 0.1) is 11.3 Å². The number of ether oxygens (including phenoxy) is 1. The first-order chi connectivity index (χ1) is 8.40. The van der Waals surface area contributed by atoms with Crippen LogP contribution in [0.2, 0.25) is 0 Å². The number of carboxylic acid groups (broad SMARTS) is 1. The molecule has 96 valence electrons. The van der Waals surface area contributed by atoms with Crippen LogP contribution in [-0.2, 0) is 10.5 Å². The lowest BCUT2D eigenvalue weighted by molar-refractivity contribution is -0.138. The maximum Gasteiger partial charge on any atom is 0.319 e. The molecule has 0 saturated heterocycles. The summed E-state index contributed by atoms with van der Waals surface area (Å²) in [5, 5.41) is 18.0. The van der Waals surface area contributed by atoms with Crippen molar-refractivity contribution in [1.29, 1.82) is 5.26 Å². The molecule has 0 amide bonds. The third-order valence-electron chi connectivity index (χ3n) is 2.50. The highest BCUT2D eigenvalue weighted by atomic mass is 32.2. The standard InChI is InChI=1S/C13H15NO3S/c1-13(2,12(15)16)18-8-9-4-5-11(17-3)10(6-9)7-14/h4-6H,8H2,1-3H3,(H,15,16). The average Bonchev–Trinajstić information content (AvgIpc) is 2.35. The van der Waals surface area contributed by atoms with Crippen LogP contribution < -0.4 is 4.74 Å². The minimum atomic E-state index is -0.846. The van der Waals surface area contributed by atoms with Crippen molar-refractivity contribution >= 4 is 17.7 Å². The minimum Gasteiger partial charge on any atom is -0.495 e. The normalized spacial score (nSPS) is 10.8. The van der Waals surface area contributed by atoms with E-state index in [2.05, 4.69) is 6.07 Å². The van der Waals surface area contributed by atoms with E-state index in [4.69, 9.17) is 15.1 Å². The van der Waals surface area contributed by atoms with E-state index < -0.39 is 10.7 Å². The van der Waals surface area contributed by atoms with Gasteiger partial charge in [0.15, 0.2) is 0 Å². The maximum atomic E-state index is 11.0. The predicted molar refractivity (Wildman–Crippen MR) is 70.7 cm³/mol. The maximum absolute atomic E-state index is 11.0. The molecule has 0 radical (unpaired) electrons. The van der Waals surface area contributed by atoms with Gasteiger partial charge >= 0.3 is 5.97 Å². The zero-order valence-corrected chi connectivity index (χ0v) is 11.4. The summed E-state index contributed by atoms with van der Waals surface area (Å²) >= 11 is 1.32. The first kappa shape index (κ1) is 14.4. The van der Waals surface area contributed by atoms with Crippen LogP contribution in [0.5, 0.6) is 5.75 Å². The highest BCUT2D eigenvalue weighted by molar-refractivity contribution is 8.00. The lowest BCUT2D eigenvalue weighted by atomic mass is 10.1. The highest BCUT2D eigenvalue weighted by Crippen LogP contribution is 2.29. The molecule has 0 bridgehead atoms. The summed E-state index contributed by atoms with van der Waals surface area (Å²) < 4.78 is 4.21. The van der Waals surface area contributed by atoms with Gasteiger partial charge in [0.05, 0.1) is 12.7 Å². The van der Waals surface area contributed by atoms with Crippen molar-refractivity contribution in [3.63, 3.8) is 0 Å². The molecule has 0 spiro atoms. The second kappa shape index (κ2) is 5.78. The molecule has 0 heterocycles. The van der Waals surface area contributed by atoms with E-state index in [1.807, 2.05) is 6.07 Å². The van der Waals surface area contributed by atoms with E-state index in [1.165, 1.54) is 18.9 Å². The summed E-state index contributed by atoms with van der Waals surface area (Å²) in [6, 6.07) is 7.34. The number of benzene rings is 1. The van der Waals surface area contributed by atoms with Gasteiger partial charge in [0.25, 0.3) is 0 Å². The molecule has 0 saturated carbocycles. The number of hydrogen-bond donors (Lipinski definition) is 1. The molecule has 0 fully saturated rings. The number of carbonyl (C=O) groups is 1. The Labute approximate surface area is 111 Å². The first-order valence-corrected chi connectivity index (χ1v) is 6.33. The lowest BCUT2D eigenvalue weighted by Crippen LogP contribution is -2.27. The van der Waals surface area contributed by atoms with E-state index in [1.54, 1.807) is 26.0 Å². The van der Waals surface area contributed by atoms with E-state index in [0.29, 0.717) is 17.1 Å². The molecule has 0 aliphatic rings. The SMILES string of the molecule is COc1ccc(CSC(C)(C)C(=O)O)cc1C#N. The molecule has 5 heteroatoms. The number of methoxy groups -OCH3 is 1. The Hall–Kier alpha value is -1.67. The Kier molecular flexibility index (Phi) is 4.62. The molecule has 1 rings (SSSR count). The predicted octanol–water partition coefficient (Wildman–Crippen LogP) is 2.66. The number of carboxylic acids is 1. The van der Waals surface area contributed by atoms with Crippen molar-refractivity contribution < 1.29 is 14.6 Å². The summed E-state index contributed by atoms with van der Waals surface area (Å²) in [6.07, 6.45) is 0. The summed E-state index contributed by atoms with van der Waals surface area (Å²) in [4.78, 5) is 11.0. The number of nitrogens with zero attached hydrogens (tertiary/aromatic N) is 1.